The van der Waals surface area contributed by atoms with Crippen LogP contribution in [-0.4, -0.2) is 43.8 Å². The number of furan rings is 1. The number of aromatic amines is 1. The van der Waals surface area contributed by atoms with Crippen molar-refractivity contribution in [3.8, 4) is 11.5 Å². The van der Waals surface area contributed by atoms with Gasteiger partial charge in [-0.2, -0.15) is 0 Å². The van der Waals surface area contributed by atoms with Gasteiger partial charge in [-0.25, -0.2) is 4.68 Å². The van der Waals surface area contributed by atoms with Gasteiger partial charge in [0.1, 0.15) is 23.8 Å². The number of rotatable bonds is 12. The van der Waals surface area contributed by atoms with Crippen LogP contribution in [0.2, 0.25) is 0 Å². The van der Waals surface area contributed by atoms with Gasteiger partial charge in [-0.05, 0) is 65.7 Å². The summed E-state index contributed by atoms with van der Waals surface area (Å²) >= 11 is 0. The molecule has 1 N–H and O–H groups in total. The first-order chi connectivity index (χ1) is 19.5. The summed E-state index contributed by atoms with van der Waals surface area (Å²) < 4.78 is 18.7. The molecule has 0 amide bonds. The van der Waals surface area contributed by atoms with Crippen molar-refractivity contribution in [2.45, 2.75) is 46.4 Å². The first-order valence-corrected chi connectivity index (χ1v) is 13.4. The molecule has 40 heavy (non-hydrogen) atoms. The van der Waals surface area contributed by atoms with Gasteiger partial charge in [-0.15, -0.1) is 5.10 Å². The maximum Gasteiger partial charge on any atom is 0.252 e. The second-order valence-corrected chi connectivity index (χ2v) is 9.99. The van der Waals surface area contributed by atoms with E-state index in [2.05, 4.69) is 39.3 Å². The van der Waals surface area contributed by atoms with Crippen molar-refractivity contribution in [3.05, 3.63) is 100.0 Å². The standard InChI is InChI=1S/C30H34N6O4/c1-5-39-24-12-13-26-22(16-24)15-23(30(37)31-26)18-35(17-21-9-6-7-11-27(21)38-4)28(20(2)3)29-32-33-34-36(29)19-25-10-8-14-40-25/h6-16,20,28H,5,17-19H2,1-4H3,(H,31,37)/t28-/m1/s1. The zero-order valence-corrected chi connectivity index (χ0v) is 23.2. The molecule has 3 aromatic heterocycles. The molecule has 10 nitrogen and oxygen atoms in total. The quantitative estimate of drug-likeness (QED) is 0.235. The second kappa shape index (κ2) is 12.2. The Hall–Kier alpha value is -4.44. The van der Waals surface area contributed by atoms with Crippen molar-refractivity contribution < 1.29 is 13.9 Å². The van der Waals surface area contributed by atoms with E-state index in [1.807, 2.05) is 67.6 Å². The lowest BCUT2D eigenvalue weighted by molar-refractivity contribution is 0.124. The van der Waals surface area contributed by atoms with E-state index in [-0.39, 0.29) is 17.5 Å². The van der Waals surface area contributed by atoms with Crippen LogP contribution < -0.4 is 15.0 Å². The van der Waals surface area contributed by atoms with Gasteiger partial charge in [-0.1, -0.05) is 32.0 Å². The molecule has 0 aliphatic carbocycles. The topological polar surface area (TPSA) is 111 Å². The van der Waals surface area contributed by atoms with Crippen LogP contribution in [0.3, 0.4) is 0 Å². The van der Waals surface area contributed by atoms with E-state index in [0.717, 1.165) is 33.7 Å². The lowest BCUT2D eigenvalue weighted by Gasteiger charge is -2.34. The predicted molar refractivity (Wildman–Crippen MR) is 151 cm³/mol. The van der Waals surface area contributed by atoms with Gasteiger partial charge < -0.3 is 18.9 Å². The Bertz CT molecular complexity index is 1610. The number of methoxy groups -OCH3 is 1. The third kappa shape index (κ3) is 5.91. The molecule has 0 radical (unpaired) electrons. The third-order valence-corrected chi connectivity index (χ3v) is 6.88. The maximum atomic E-state index is 13.3. The van der Waals surface area contributed by atoms with Gasteiger partial charge >= 0.3 is 0 Å². The molecule has 10 heteroatoms. The molecule has 0 bridgehead atoms. The SMILES string of the molecule is CCOc1ccc2[nH]c(=O)c(CN(Cc3ccccc3OC)[C@@H](c3nnnn3Cc3ccco3)C(C)C)cc2c1. The molecule has 0 fully saturated rings. The van der Waals surface area contributed by atoms with Crippen LogP contribution in [0.1, 0.15) is 49.5 Å². The normalized spacial score (nSPS) is 12.3. The van der Waals surface area contributed by atoms with Gasteiger partial charge in [0.25, 0.3) is 5.56 Å². The fourth-order valence-electron chi connectivity index (χ4n) is 5.10. The van der Waals surface area contributed by atoms with Crippen molar-refractivity contribution in [2.75, 3.05) is 13.7 Å². The van der Waals surface area contributed by atoms with Crippen LogP contribution in [0.15, 0.2) is 76.1 Å². The fraction of sp³-hybridized carbons (Fsp3) is 0.333. The molecule has 2 aromatic carbocycles. The number of aromatic nitrogens is 5. The van der Waals surface area contributed by atoms with E-state index >= 15 is 0 Å². The molecule has 0 saturated heterocycles. The summed E-state index contributed by atoms with van der Waals surface area (Å²) in [7, 11) is 1.66. The molecular weight excluding hydrogens is 508 g/mol. The number of para-hydroxylation sites is 1. The van der Waals surface area contributed by atoms with E-state index in [1.54, 1.807) is 18.1 Å². The molecular formula is C30H34N6O4. The Morgan fingerprint density at radius 2 is 1.88 bits per heavy atom. The highest BCUT2D eigenvalue weighted by molar-refractivity contribution is 5.80. The molecule has 0 unspecified atom stereocenters. The second-order valence-electron chi connectivity index (χ2n) is 9.99. The largest absolute Gasteiger partial charge is 0.496 e. The Balaban J connectivity index is 1.57. The number of nitrogens with zero attached hydrogens (tertiary/aromatic N) is 5. The number of tetrazole rings is 1. The molecule has 5 aromatic rings. The van der Waals surface area contributed by atoms with Gasteiger partial charge in [-0.3, -0.25) is 9.69 Å². The molecule has 0 aliphatic rings. The summed E-state index contributed by atoms with van der Waals surface area (Å²) in [5.41, 5.74) is 2.25. The van der Waals surface area contributed by atoms with Crippen molar-refractivity contribution >= 4 is 10.9 Å². The number of benzene rings is 2. The van der Waals surface area contributed by atoms with Gasteiger partial charge in [0.2, 0.25) is 0 Å². The monoisotopic (exact) mass is 542 g/mol. The zero-order valence-electron chi connectivity index (χ0n) is 23.2. The highest BCUT2D eigenvalue weighted by Crippen LogP contribution is 2.32. The smallest absolute Gasteiger partial charge is 0.252 e. The molecule has 0 spiro atoms. The minimum atomic E-state index is -0.222. The van der Waals surface area contributed by atoms with Gasteiger partial charge in [0.05, 0.1) is 26.0 Å². The Morgan fingerprint density at radius 1 is 1.05 bits per heavy atom. The van der Waals surface area contributed by atoms with Crippen molar-refractivity contribution in [1.82, 2.24) is 30.1 Å². The number of hydrogen-bond acceptors (Lipinski definition) is 8. The highest BCUT2D eigenvalue weighted by Gasteiger charge is 2.31. The van der Waals surface area contributed by atoms with E-state index in [1.165, 1.54) is 0 Å². The van der Waals surface area contributed by atoms with Crippen molar-refractivity contribution in [2.24, 2.45) is 5.92 Å². The Labute approximate surface area is 232 Å². The van der Waals surface area contributed by atoms with Crippen LogP contribution >= 0.6 is 0 Å². The number of nitrogens with one attached hydrogen (secondary N) is 1. The van der Waals surface area contributed by atoms with E-state index in [0.29, 0.717) is 37.6 Å². The van der Waals surface area contributed by atoms with Gasteiger partial charge in [0.15, 0.2) is 5.82 Å². The zero-order chi connectivity index (χ0) is 28.1. The average molecular weight is 543 g/mol. The summed E-state index contributed by atoms with van der Waals surface area (Å²) in [6, 6.07) is 19.1. The van der Waals surface area contributed by atoms with Crippen LogP contribution in [0.4, 0.5) is 0 Å². The van der Waals surface area contributed by atoms with Crippen LogP contribution in [-0.2, 0) is 19.6 Å². The van der Waals surface area contributed by atoms with E-state index < -0.39 is 0 Å². The molecule has 0 aliphatic heterocycles. The summed E-state index contributed by atoms with van der Waals surface area (Å²) in [5, 5.41) is 13.6. The summed E-state index contributed by atoms with van der Waals surface area (Å²) in [6.07, 6.45) is 1.64. The summed E-state index contributed by atoms with van der Waals surface area (Å²) in [6.45, 7) is 8.05. The Morgan fingerprint density at radius 3 is 2.62 bits per heavy atom. The molecule has 1 atom stereocenters. The van der Waals surface area contributed by atoms with Crippen LogP contribution in [0.25, 0.3) is 10.9 Å². The number of hydrogen-bond donors (Lipinski definition) is 1. The van der Waals surface area contributed by atoms with E-state index in [4.69, 9.17) is 13.9 Å². The fourth-order valence-corrected chi connectivity index (χ4v) is 5.10. The van der Waals surface area contributed by atoms with Crippen molar-refractivity contribution in [1.29, 1.82) is 0 Å². The number of pyridine rings is 1. The molecule has 208 valence electrons. The van der Waals surface area contributed by atoms with E-state index in [9.17, 15) is 4.79 Å². The molecule has 5 rings (SSSR count). The number of H-pyrrole nitrogens is 1. The third-order valence-electron chi connectivity index (χ3n) is 6.88. The average Bonchev–Trinajstić information content (AvgIpc) is 3.62. The molecule has 0 saturated carbocycles. The minimum absolute atomic E-state index is 0.111. The first kappa shape index (κ1) is 27.1. The summed E-state index contributed by atoms with van der Waals surface area (Å²) in [5.74, 6) is 3.09. The van der Waals surface area contributed by atoms with Crippen LogP contribution in [0, 0.1) is 5.92 Å². The highest BCUT2D eigenvalue weighted by atomic mass is 16.5. The summed E-state index contributed by atoms with van der Waals surface area (Å²) in [4.78, 5) is 18.6. The number of fused-ring (bicyclic) bond motifs is 1. The Kier molecular flexibility index (Phi) is 8.26. The number of ether oxygens (including phenoxy) is 2. The lowest BCUT2D eigenvalue weighted by Crippen LogP contribution is -2.35. The van der Waals surface area contributed by atoms with Crippen LogP contribution in [0.5, 0.6) is 11.5 Å². The molecule has 3 heterocycles. The van der Waals surface area contributed by atoms with Gasteiger partial charge in [0, 0.05) is 35.1 Å². The first-order valence-electron chi connectivity index (χ1n) is 13.4. The van der Waals surface area contributed by atoms with Crippen molar-refractivity contribution in [3.63, 3.8) is 0 Å². The minimum Gasteiger partial charge on any atom is -0.496 e. The predicted octanol–water partition coefficient (Wildman–Crippen LogP) is 4.96. The maximum absolute atomic E-state index is 13.3. The lowest BCUT2D eigenvalue weighted by atomic mass is 9.99.